The molecule has 4 aromatic heterocycles. The molecule has 126 valence electrons. The minimum Gasteiger partial charge on any atom is -0.303 e. The molecule has 0 amide bonds. The molecule has 0 atom stereocenters. The van der Waals surface area contributed by atoms with Gasteiger partial charge in [-0.25, -0.2) is 24.3 Å². The van der Waals surface area contributed by atoms with E-state index in [1.807, 2.05) is 60.0 Å². The molecule has 0 radical (unpaired) electrons. The number of fused-ring (bicyclic) bond motifs is 2. The molecule has 5 aromatic rings. The lowest BCUT2D eigenvalue weighted by Crippen LogP contribution is -2.16. The Hall–Kier alpha value is -3.74. The molecule has 0 spiro atoms. The maximum atomic E-state index is 12.5. The molecule has 7 heteroatoms. The Bertz CT molecular complexity index is 1330. The van der Waals surface area contributed by atoms with Crippen LogP contribution in [-0.4, -0.2) is 28.9 Å². The van der Waals surface area contributed by atoms with Crippen molar-refractivity contribution in [2.24, 2.45) is 0 Å². The molecule has 4 heterocycles. The molecule has 0 aliphatic carbocycles. The molecule has 26 heavy (non-hydrogen) atoms. The van der Waals surface area contributed by atoms with Crippen molar-refractivity contribution in [1.29, 1.82) is 0 Å². The number of hydrogen-bond donors (Lipinski definition) is 1. The van der Waals surface area contributed by atoms with Gasteiger partial charge in [0, 0.05) is 6.20 Å². The second-order valence-electron chi connectivity index (χ2n) is 6.06. The molecule has 7 nitrogen and oxygen atoms in total. The molecule has 1 N–H and O–H groups in total. The molecule has 0 aliphatic heterocycles. The first-order valence-corrected chi connectivity index (χ1v) is 8.18. The highest BCUT2D eigenvalue weighted by Gasteiger charge is 2.15. The number of aryl methyl sites for hydroxylation is 1. The number of nitrogens with one attached hydrogen (secondary N) is 1. The largest absolute Gasteiger partial charge is 0.332 e. The highest BCUT2D eigenvalue weighted by atomic mass is 16.1. The van der Waals surface area contributed by atoms with E-state index in [9.17, 15) is 4.79 Å². The third-order valence-electron chi connectivity index (χ3n) is 4.43. The van der Waals surface area contributed by atoms with Crippen LogP contribution in [0.5, 0.6) is 0 Å². The first-order valence-electron chi connectivity index (χ1n) is 8.18. The van der Waals surface area contributed by atoms with Crippen LogP contribution in [0.4, 0.5) is 0 Å². The van der Waals surface area contributed by atoms with Crippen LogP contribution in [0.25, 0.3) is 34.0 Å². The van der Waals surface area contributed by atoms with Crippen LogP contribution >= 0.6 is 0 Å². The van der Waals surface area contributed by atoms with Crippen molar-refractivity contribution in [2.75, 3.05) is 0 Å². The highest BCUT2D eigenvalue weighted by molar-refractivity contribution is 5.75. The van der Waals surface area contributed by atoms with Crippen LogP contribution in [-0.2, 0) is 0 Å². The van der Waals surface area contributed by atoms with E-state index in [1.165, 1.54) is 0 Å². The first-order chi connectivity index (χ1) is 12.7. The lowest BCUT2D eigenvalue weighted by molar-refractivity contribution is 0.985. The number of aromatic amines is 1. The summed E-state index contributed by atoms with van der Waals surface area (Å²) in [5.74, 6) is 0.512. The average molecular weight is 342 g/mol. The van der Waals surface area contributed by atoms with Gasteiger partial charge in [-0.05, 0) is 30.7 Å². The average Bonchev–Trinajstić information content (AvgIpc) is 3.22. The van der Waals surface area contributed by atoms with Gasteiger partial charge in [-0.1, -0.05) is 24.3 Å². The fourth-order valence-electron chi connectivity index (χ4n) is 3.16. The second kappa shape index (κ2) is 5.38. The summed E-state index contributed by atoms with van der Waals surface area (Å²) in [4.78, 5) is 28.8. The number of para-hydroxylation sites is 1. The quantitative estimate of drug-likeness (QED) is 0.535. The smallest absolute Gasteiger partial charge is 0.303 e. The molecule has 5 rings (SSSR count). The maximum Gasteiger partial charge on any atom is 0.332 e. The van der Waals surface area contributed by atoms with Gasteiger partial charge in [-0.2, -0.15) is 0 Å². The van der Waals surface area contributed by atoms with Crippen molar-refractivity contribution >= 4 is 16.8 Å². The fraction of sp³-hybridized carbons (Fsp3) is 0.0526. The molecule has 0 fully saturated rings. The molecule has 0 aliphatic rings. The normalized spacial score (nSPS) is 11.4. The lowest BCUT2D eigenvalue weighted by Gasteiger charge is -2.07. The maximum absolute atomic E-state index is 12.5. The Morgan fingerprint density at radius 1 is 1.00 bits per heavy atom. The van der Waals surface area contributed by atoms with Gasteiger partial charge in [0.05, 0.1) is 18.1 Å². The van der Waals surface area contributed by atoms with Crippen LogP contribution in [0.1, 0.15) is 5.56 Å². The predicted molar refractivity (Wildman–Crippen MR) is 98.4 cm³/mol. The molecule has 0 unspecified atom stereocenters. The van der Waals surface area contributed by atoms with Crippen molar-refractivity contribution < 1.29 is 0 Å². The third-order valence-corrected chi connectivity index (χ3v) is 4.43. The number of imidazole rings is 2. The zero-order valence-corrected chi connectivity index (χ0v) is 13.9. The molecule has 0 saturated carbocycles. The Kier molecular flexibility index (Phi) is 3.02. The van der Waals surface area contributed by atoms with Gasteiger partial charge in [0.25, 0.3) is 0 Å². The zero-order valence-electron chi connectivity index (χ0n) is 13.9. The SMILES string of the molecule is Cc1ccccc1-n1c(=O)[nH]c2cnc(-c3cnc4ccccn34)nc21. The summed E-state index contributed by atoms with van der Waals surface area (Å²) in [6, 6.07) is 13.5. The van der Waals surface area contributed by atoms with Crippen LogP contribution < -0.4 is 5.69 Å². The number of benzene rings is 1. The molecule has 0 bridgehead atoms. The second-order valence-corrected chi connectivity index (χ2v) is 6.06. The van der Waals surface area contributed by atoms with E-state index in [1.54, 1.807) is 17.0 Å². The summed E-state index contributed by atoms with van der Waals surface area (Å²) in [6.45, 7) is 1.97. The van der Waals surface area contributed by atoms with Crippen molar-refractivity contribution in [1.82, 2.24) is 28.9 Å². The summed E-state index contributed by atoms with van der Waals surface area (Å²) in [5, 5.41) is 0. The number of aromatic nitrogens is 6. The van der Waals surface area contributed by atoms with Crippen molar-refractivity contribution in [3.05, 3.63) is 77.1 Å². The van der Waals surface area contributed by atoms with Crippen LogP contribution in [0.2, 0.25) is 0 Å². The monoisotopic (exact) mass is 342 g/mol. The number of H-pyrrole nitrogens is 1. The number of nitrogens with zero attached hydrogens (tertiary/aromatic N) is 5. The van der Waals surface area contributed by atoms with Crippen LogP contribution in [0.3, 0.4) is 0 Å². The van der Waals surface area contributed by atoms with Gasteiger partial charge >= 0.3 is 5.69 Å². The summed E-state index contributed by atoms with van der Waals surface area (Å²) in [5.41, 5.74) is 4.27. The van der Waals surface area contributed by atoms with E-state index in [4.69, 9.17) is 0 Å². The summed E-state index contributed by atoms with van der Waals surface area (Å²) in [6.07, 6.45) is 5.28. The van der Waals surface area contributed by atoms with E-state index >= 15 is 0 Å². The van der Waals surface area contributed by atoms with E-state index in [2.05, 4.69) is 19.9 Å². The zero-order chi connectivity index (χ0) is 17.7. The minimum atomic E-state index is -0.237. The Labute approximate surface area is 147 Å². The van der Waals surface area contributed by atoms with E-state index in [0.717, 1.165) is 22.6 Å². The van der Waals surface area contributed by atoms with Gasteiger partial charge in [0.2, 0.25) is 0 Å². The fourth-order valence-corrected chi connectivity index (χ4v) is 3.16. The number of rotatable bonds is 2. The Balaban J connectivity index is 1.79. The predicted octanol–water partition coefficient (Wildman–Crippen LogP) is 2.73. The van der Waals surface area contributed by atoms with Gasteiger partial charge in [-0.15, -0.1) is 0 Å². The molecule has 0 saturated heterocycles. The van der Waals surface area contributed by atoms with E-state index in [0.29, 0.717) is 17.0 Å². The Morgan fingerprint density at radius 2 is 1.85 bits per heavy atom. The van der Waals surface area contributed by atoms with Gasteiger partial charge in [-0.3, -0.25) is 4.40 Å². The van der Waals surface area contributed by atoms with Gasteiger partial charge < -0.3 is 4.98 Å². The summed E-state index contributed by atoms with van der Waals surface area (Å²) >= 11 is 0. The topological polar surface area (TPSA) is 80.9 Å². The van der Waals surface area contributed by atoms with Gasteiger partial charge in [0.1, 0.15) is 16.9 Å². The van der Waals surface area contributed by atoms with Crippen molar-refractivity contribution in [2.45, 2.75) is 6.92 Å². The van der Waals surface area contributed by atoms with E-state index in [-0.39, 0.29) is 5.69 Å². The molecule has 1 aromatic carbocycles. The highest BCUT2D eigenvalue weighted by Crippen LogP contribution is 2.21. The number of hydrogen-bond acceptors (Lipinski definition) is 4. The molecular weight excluding hydrogens is 328 g/mol. The Morgan fingerprint density at radius 3 is 2.73 bits per heavy atom. The summed E-state index contributed by atoms with van der Waals surface area (Å²) in [7, 11) is 0. The summed E-state index contributed by atoms with van der Waals surface area (Å²) < 4.78 is 3.50. The standard InChI is InChI=1S/C19H14N6O/c1-12-6-2-3-7-14(12)25-18-13(22-19(25)26)10-21-17(23-18)15-11-20-16-8-4-5-9-24(15)16/h2-11H,1H3,(H,22,26). The van der Waals surface area contributed by atoms with E-state index < -0.39 is 0 Å². The minimum absolute atomic E-state index is 0.237. The molecular formula is C19H14N6O. The number of pyridine rings is 1. The first kappa shape index (κ1) is 14.6. The third kappa shape index (κ3) is 2.07. The van der Waals surface area contributed by atoms with Crippen molar-refractivity contribution in [3.63, 3.8) is 0 Å². The van der Waals surface area contributed by atoms with Gasteiger partial charge in [0.15, 0.2) is 11.5 Å². The van der Waals surface area contributed by atoms with Crippen molar-refractivity contribution in [3.8, 4) is 17.2 Å². The lowest BCUT2D eigenvalue weighted by atomic mass is 10.2. The van der Waals surface area contributed by atoms with Crippen LogP contribution in [0, 0.1) is 6.92 Å². The van der Waals surface area contributed by atoms with Crippen LogP contribution in [0.15, 0.2) is 65.8 Å².